The fourth-order valence-electron chi connectivity index (χ4n) is 6.87. The Morgan fingerprint density at radius 3 is 2.20 bits per heavy atom. The quantitative estimate of drug-likeness (QED) is 0.153. The van der Waals surface area contributed by atoms with Crippen molar-refractivity contribution >= 4 is 23.7 Å². The fraction of sp³-hybridized carbons (Fsp3) is 0.875. The Bertz CT molecular complexity index is 947. The summed E-state index contributed by atoms with van der Waals surface area (Å²) in [7, 11) is 0. The van der Waals surface area contributed by atoms with E-state index >= 15 is 0 Å². The van der Waals surface area contributed by atoms with E-state index in [0.717, 1.165) is 58.0 Å². The summed E-state index contributed by atoms with van der Waals surface area (Å²) in [4.78, 5) is 43.8. The largest absolute Gasteiger partial charge is 0.377 e. The average molecular weight is 652 g/mol. The number of carbonyl (C=O) groups is 3. The molecule has 0 spiro atoms. The van der Waals surface area contributed by atoms with Crippen molar-refractivity contribution in [3.8, 4) is 0 Å². The summed E-state index contributed by atoms with van der Waals surface area (Å²) in [5, 5.41) is 16.9. The van der Waals surface area contributed by atoms with Gasteiger partial charge in [-0.25, -0.2) is 0 Å². The zero-order valence-corrected chi connectivity index (χ0v) is 27.5. The van der Waals surface area contributed by atoms with E-state index in [0.29, 0.717) is 84.0 Å². The minimum absolute atomic E-state index is 0.00266. The van der Waals surface area contributed by atoms with Gasteiger partial charge < -0.3 is 45.1 Å². The van der Waals surface area contributed by atoms with Gasteiger partial charge in [0.25, 0.3) is 0 Å². The van der Waals surface area contributed by atoms with Gasteiger partial charge in [-0.15, -0.1) is 0 Å². The first-order valence-corrected chi connectivity index (χ1v) is 17.4. The molecular formula is C32H57N7O7. The SMILES string of the molecule is N=C(N)N1CCC(CNC(=O)[C@@H]2CCCN2C(=O)[C@@H](CC2CCCCC2)NCC(=O)NCC2COCCOCCOCCO2)CC1. The van der Waals surface area contributed by atoms with Gasteiger partial charge in [-0.1, -0.05) is 32.1 Å². The highest BCUT2D eigenvalue weighted by Crippen LogP contribution is 2.29. The Balaban J connectivity index is 1.27. The Hall–Kier alpha value is -2.52. The van der Waals surface area contributed by atoms with E-state index < -0.39 is 12.1 Å². The van der Waals surface area contributed by atoms with Crippen molar-refractivity contribution in [3.05, 3.63) is 0 Å². The van der Waals surface area contributed by atoms with Crippen molar-refractivity contribution in [1.29, 1.82) is 5.41 Å². The number of rotatable bonds is 11. The van der Waals surface area contributed by atoms with Crippen molar-refractivity contribution in [1.82, 2.24) is 25.8 Å². The predicted molar refractivity (Wildman–Crippen MR) is 172 cm³/mol. The van der Waals surface area contributed by atoms with Crippen LogP contribution in [0.3, 0.4) is 0 Å². The number of likely N-dealkylation sites (tertiary alicyclic amines) is 2. The molecule has 0 bridgehead atoms. The molecule has 0 aromatic heterocycles. The summed E-state index contributed by atoms with van der Waals surface area (Å²) < 4.78 is 22.4. The Labute approximate surface area is 273 Å². The highest BCUT2D eigenvalue weighted by Gasteiger charge is 2.38. The second kappa shape index (κ2) is 20.0. The molecule has 3 amide bonds. The molecule has 3 saturated heterocycles. The van der Waals surface area contributed by atoms with Crippen LogP contribution in [0.4, 0.5) is 0 Å². The van der Waals surface area contributed by atoms with Crippen LogP contribution in [-0.2, 0) is 33.3 Å². The van der Waals surface area contributed by atoms with Crippen LogP contribution < -0.4 is 21.7 Å². The molecule has 0 radical (unpaired) electrons. The molecule has 46 heavy (non-hydrogen) atoms. The molecule has 0 aromatic carbocycles. The molecule has 3 heterocycles. The first-order chi connectivity index (χ1) is 22.4. The molecule has 14 heteroatoms. The number of hydrogen-bond acceptors (Lipinski definition) is 9. The lowest BCUT2D eigenvalue weighted by Crippen LogP contribution is -2.54. The molecule has 4 fully saturated rings. The molecule has 1 aliphatic carbocycles. The number of guanidine groups is 1. The average Bonchev–Trinajstić information content (AvgIpc) is 3.56. The third kappa shape index (κ3) is 12.3. The van der Waals surface area contributed by atoms with Gasteiger partial charge in [-0.3, -0.25) is 25.1 Å². The van der Waals surface area contributed by atoms with E-state index in [-0.39, 0.29) is 42.9 Å². The second-order valence-corrected chi connectivity index (χ2v) is 13.0. The maximum absolute atomic E-state index is 14.0. The molecule has 0 aromatic rings. The van der Waals surface area contributed by atoms with E-state index in [2.05, 4.69) is 16.0 Å². The Morgan fingerprint density at radius 1 is 0.783 bits per heavy atom. The lowest BCUT2D eigenvalue weighted by Gasteiger charge is -2.33. The van der Waals surface area contributed by atoms with Crippen LogP contribution in [0.25, 0.3) is 0 Å². The van der Waals surface area contributed by atoms with Crippen molar-refractivity contribution in [2.75, 3.05) is 85.5 Å². The molecule has 4 rings (SSSR count). The standard InChI is InChI=1S/C32H57N7O7/c33-32(34)38-11-8-25(9-12-38)20-37-30(41)28-7-4-10-39(28)31(42)27(19-24-5-2-1-3-6-24)35-22-29(40)36-21-26-23-45-16-15-43-13-14-44-17-18-46-26/h24-28,35H,1-23H2,(H3,33,34)(H,36,40)(H,37,41)/t26?,27-,28+/m1/s1. The van der Waals surface area contributed by atoms with Gasteiger partial charge in [0.05, 0.1) is 64.9 Å². The number of nitrogens with two attached hydrogens (primary N) is 1. The van der Waals surface area contributed by atoms with Gasteiger partial charge in [0.15, 0.2) is 5.96 Å². The zero-order valence-electron chi connectivity index (χ0n) is 27.5. The molecule has 3 aliphatic heterocycles. The topological polar surface area (TPSA) is 181 Å². The van der Waals surface area contributed by atoms with Crippen LogP contribution in [0.15, 0.2) is 0 Å². The second-order valence-electron chi connectivity index (χ2n) is 13.0. The van der Waals surface area contributed by atoms with E-state index in [1.807, 2.05) is 4.90 Å². The summed E-state index contributed by atoms with van der Waals surface area (Å²) in [6.45, 7) is 5.92. The van der Waals surface area contributed by atoms with Gasteiger partial charge in [-0.05, 0) is 43.9 Å². The molecule has 262 valence electrons. The summed E-state index contributed by atoms with van der Waals surface area (Å²) >= 11 is 0. The summed E-state index contributed by atoms with van der Waals surface area (Å²) in [6, 6.07) is -1.03. The van der Waals surface area contributed by atoms with Gasteiger partial charge in [0.1, 0.15) is 6.04 Å². The van der Waals surface area contributed by atoms with Crippen LogP contribution in [0, 0.1) is 17.2 Å². The van der Waals surface area contributed by atoms with Gasteiger partial charge in [0.2, 0.25) is 17.7 Å². The lowest BCUT2D eigenvalue weighted by atomic mass is 9.84. The third-order valence-electron chi connectivity index (χ3n) is 9.62. The minimum atomic E-state index is -0.531. The van der Waals surface area contributed by atoms with Crippen molar-refractivity contribution in [2.24, 2.45) is 17.6 Å². The highest BCUT2D eigenvalue weighted by molar-refractivity contribution is 5.90. The van der Waals surface area contributed by atoms with Gasteiger partial charge in [0, 0.05) is 32.7 Å². The summed E-state index contributed by atoms with van der Waals surface area (Å²) in [5.74, 6) is 0.422. The van der Waals surface area contributed by atoms with Crippen LogP contribution in [0.5, 0.6) is 0 Å². The first kappa shape index (κ1) is 36.3. The summed E-state index contributed by atoms with van der Waals surface area (Å²) in [5.41, 5.74) is 5.61. The molecule has 1 saturated carbocycles. The van der Waals surface area contributed by atoms with Crippen LogP contribution >= 0.6 is 0 Å². The monoisotopic (exact) mass is 651 g/mol. The minimum Gasteiger partial charge on any atom is -0.377 e. The first-order valence-electron chi connectivity index (χ1n) is 17.4. The Kier molecular flexibility index (Phi) is 15.8. The smallest absolute Gasteiger partial charge is 0.242 e. The molecule has 4 aliphatic rings. The van der Waals surface area contributed by atoms with Gasteiger partial charge >= 0.3 is 0 Å². The zero-order chi connectivity index (χ0) is 32.6. The summed E-state index contributed by atoms with van der Waals surface area (Å²) in [6.07, 6.45) is 9.19. The van der Waals surface area contributed by atoms with Crippen molar-refractivity contribution in [3.63, 3.8) is 0 Å². The highest BCUT2D eigenvalue weighted by atomic mass is 16.6. The number of amides is 3. The lowest BCUT2D eigenvalue weighted by molar-refractivity contribution is -0.140. The van der Waals surface area contributed by atoms with E-state index in [4.69, 9.17) is 30.1 Å². The maximum atomic E-state index is 14.0. The van der Waals surface area contributed by atoms with Gasteiger partial charge in [-0.2, -0.15) is 0 Å². The van der Waals surface area contributed by atoms with Crippen LogP contribution in [-0.4, -0.2) is 137 Å². The number of hydrogen-bond donors (Lipinski definition) is 5. The van der Waals surface area contributed by atoms with Crippen molar-refractivity contribution < 1.29 is 33.3 Å². The number of ether oxygens (including phenoxy) is 4. The molecular weight excluding hydrogens is 594 g/mol. The number of piperidine rings is 1. The molecule has 1 unspecified atom stereocenters. The Morgan fingerprint density at radius 2 is 1.48 bits per heavy atom. The molecule has 14 nitrogen and oxygen atoms in total. The molecule has 6 N–H and O–H groups in total. The fourth-order valence-corrected chi connectivity index (χ4v) is 6.87. The number of carbonyl (C=O) groups excluding carboxylic acids is 3. The van der Waals surface area contributed by atoms with Crippen molar-refractivity contribution in [2.45, 2.75) is 82.4 Å². The number of nitrogens with zero attached hydrogens (tertiary/aromatic N) is 2. The van der Waals surface area contributed by atoms with E-state index in [1.165, 1.54) is 6.42 Å². The van der Waals surface area contributed by atoms with E-state index in [9.17, 15) is 14.4 Å². The normalized spacial score (nSPS) is 25.2. The predicted octanol–water partition coefficient (Wildman–Crippen LogP) is 0.192. The molecule has 3 atom stereocenters. The maximum Gasteiger partial charge on any atom is 0.242 e. The number of nitrogens with one attached hydrogen (secondary N) is 4. The van der Waals surface area contributed by atoms with Crippen LogP contribution in [0.2, 0.25) is 0 Å². The van der Waals surface area contributed by atoms with Crippen LogP contribution in [0.1, 0.15) is 64.2 Å². The van der Waals surface area contributed by atoms with E-state index in [1.54, 1.807) is 4.90 Å². The third-order valence-corrected chi connectivity index (χ3v) is 9.62.